The predicted molar refractivity (Wildman–Crippen MR) is 215 cm³/mol. The molecule has 4 aromatic rings. The van der Waals surface area contributed by atoms with Crippen LogP contribution in [-0.4, -0.2) is 130 Å². The summed E-state index contributed by atoms with van der Waals surface area (Å²) in [4.78, 5) is 7.61. The van der Waals surface area contributed by atoms with Gasteiger partial charge in [0.25, 0.3) is 20.2 Å². The number of nitrogens with one attached hydrogen (secondary N) is 1. The maximum Gasteiger partial charge on any atom is 0.397 e. The number of sulfone groups is 2. The number of rotatable bonds is 21. The van der Waals surface area contributed by atoms with Crippen molar-refractivity contribution in [1.29, 1.82) is 0 Å². The van der Waals surface area contributed by atoms with Gasteiger partial charge >= 0.3 is 26.8 Å². The highest BCUT2D eigenvalue weighted by Crippen LogP contribution is 2.47. The summed E-state index contributed by atoms with van der Waals surface area (Å²) in [6.07, 6.45) is 0. The monoisotopic (exact) mass is 1020 g/mol. The number of carbonyl (C=O) groups is 1. The second-order valence-electron chi connectivity index (χ2n) is 12.2. The molecule has 64 heavy (non-hydrogen) atoms. The van der Waals surface area contributed by atoms with E-state index in [1.807, 2.05) is 0 Å². The SMILES string of the molecule is COc1cc(S(=O)(=O)CCOS(=O)(=O)O)c(OC)cc1/N=N/c1c(S(=O)(=O)O)cc2c(/N=N/c3ccc(S(=O)(=O)CCOS(=O)(=O)O)cc3S(=O)(=O)O)c(NCC(=O)O)ccc2c1O. The summed E-state index contributed by atoms with van der Waals surface area (Å²) in [5, 5.41) is 37.5. The van der Waals surface area contributed by atoms with Gasteiger partial charge in [-0.2, -0.15) is 33.7 Å². The highest BCUT2D eigenvalue weighted by atomic mass is 32.3. The minimum absolute atomic E-state index is 0.295. The number of ether oxygens (including phenoxy) is 2. The Morgan fingerprint density at radius 3 is 1.67 bits per heavy atom. The van der Waals surface area contributed by atoms with Crippen molar-refractivity contribution in [2.75, 3.05) is 50.8 Å². The van der Waals surface area contributed by atoms with Crippen LogP contribution in [0.5, 0.6) is 17.2 Å². The third kappa shape index (κ3) is 13.0. The number of benzene rings is 4. The molecule has 0 fully saturated rings. The maximum absolute atomic E-state index is 13.0. The van der Waals surface area contributed by atoms with E-state index < -0.39 is 157 Å². The second-order valence-corrected chi connectivity index (χ2v) is 21.3. The van der Waals surface area contributed by atoms with Crippen LogP contribution in [0.15, 0.2) is 88.6 Å². The van der Waals surface area contributed by atoms with E-state index in [1.165, 1.54) is 0 Å². The van der Waals surface area contributed by atoms with Gasteiger partial charge in [-0.3, -0.25) is 23.0 Å². The molecule has 7 N–H and O–H groups in total. The van der Waals surface area contributed by atoms with Crippen LogP contribution in [0.2, 0.25) is 0 Å². The van der Waals surface area contributed by atoms with Crippen molar-refractivity contribution in [2.45, 2.75) is 19.6 Å². The van der Waals surface area contributed by atoms with E-state index in [0.29, 0.717) is 18.2 Å². The number of aliphatic carboxylic acids is 1. The fraction of sp³-hybridized carbons (Fsp3) is 0.233. The van der Waals surface area contributed by atoms with Crippen LogP contribution in [-0.2, 0) is 73.9 Å². The number of carboxylic acid groups (broad SMARTS) is 1. The van der Waals surface area contributed by atoms with E-state index in [2.05, 4.69) is 34.1 Å². The quantitative estimate of drug-likeness (QED) is 0.0466. The average molecular weight is 1020 g/mol. The van der Waals surface area contributed by atoms with Crippen LogP contribution in [0.25, 0.3) is 10.8 Å². The van der Waals surface area contributed by atoms with E-state index in [9.17, 15) is 74.6 Å². The van der Waals surface area contributed by atoms with E-state index in [4.69, 9.17) is 18.6 Å². The first-order valence-corrected chi connectivity index (χ1v) is 25.5. The van der Waals surface area contributed by atoms with Gasteiger partial charge in [-0.25, -0.2) is 25.2 Å². The fourth-order valence-electron chi connectivity index (χ4n) is 5.20. The molecule has 28 nitrogen and oxygen atoms in total. The molecule has 0 saturated carbocycles. The number of hydrogen-bond donors (Lipinski definition) is 7. The van der Waals surface area contributed by atoms with Crippen molar-refractivity contribution in [2.24, 2.45) is 20.5 Å². The Morgan fingerprint density at radius 2 is 1.14 bits per heavy atom. The Balaban J connectivity index is 1.92. The van der Waals surface area contributed by atoms with Gasteiger partial charge in [-0.05, 0) is 36.4 Å². The first-order chi connectivity index (χ1) is 29.4. The van der Waals surface area contributed by atoms with Crippen molar-refractivity contribution in [3.05, 3.63) is 48.5 Å². The topological polar surface area (TPSA) is 442 Å². The molecule has 0 aliphatic rings. The Labute approximate surface area is 362 Å². The third-order valence-electron chi connectivity index (χ3n) is 7.97. The van der Waals surface area contributed by atoms with E-state index in [0.717, 1.165) is 44.6 Å². The van der Waals surface area contributed by atoms with Gasteiger partial charge in [0.2, 0.25) is 0 Å². The summed E-state index contributed by atoms with van der Waals surface area (Å²) in [5.41, 5.74) is -3.03. The predicted octanol–water partition coefficient (Wildman–Crippen LogP) is 2.57. The molecule has 0 saturated heterocycles. The number of methoxy groups -OCH3 is 2. The van der Waals surface area contributed by atoms with E-state index in [1.54, 1.807) is 0 Å². The molecule has 0 atom stereocenters. The summed E-state index contributed by atoms with van der Waals surface area (Å²) >= 11 is 0. The molecule has 4 rings (SSSR count). The van der Waals surface area contributed by atoms with Gasteiger partial charge in [0.1, 0.15) is 55.5 Å². The van der Waals surface area contributed by atoms with E-state index in [-0.39, 0.29) is 16.8 Å². The van der Waals surface area contributed by atoms with Crippen molar-refractivity contribution < 1.29 is 102 Å². The first-order valence-electron chi connectivity index (χ1n) is 16.5. The van der Waals surface area contributed by atoms with Crippen molar-refractivity contribution >= 4 is 106 Å². The molecular formula is C30H31N5O23S6. The molecule has 0 unspecified atom stereocenters. The molecule has 0 aliphatic heterocycles. The number of hydrogen-bond acceptors (Lipinski definition) is 23. The van der Waals surface area contributed by atoms with Crippen LogP contribution in [0.3, 0.4) is 0 Å². The lowest BCUT2D eigenvalue weighted by Crippen LogP contribution is -2.16. The lowest BCUT2D eigenvalue weighted by molar-refractivity contribution is -0.134. The van der Waals surface area contributed by atoms with Gasteiger partial charge in [0.15, 0.2) is 25.4 Å². The third-order valence-corrected chi connectivity index (χ3v) is 14.0. The smallest absolute Gasteiger partial charge is 0.397 e. The number of phenolic OH excluding ortho intramolecular Hbond substituents is 1. The number of carboxylic acids is 1. The number of nitrogens with zero attached hydrogens (tertiary/aromatic N) is 4. The number of anilines is 1. The molecule has 0 aromatic heterocycles. The molecule has 0 radical (unpaired) electrons. The van der Waals surface area contributed by atoms with Crippen LogP contribution in [0.1, 0.15) is 0 Å². The standard InChI is InChI=1S/C30H31N5O23S6/c1-55-22-14-25(60(41,42)10-8-58-64(52,53)54)23(56-2)13-21(22)33-35-29-26(62(46,47)48)12-18-17(30(29)38)4-6-20(31-15-27(36)37)28(18)34-32-19-5-3-16(11-24(19)61(43,44)45)59(39,40)9-7-57-63(49,50)51/h3-6,11-14,31,38H,7-10,15H2,1-2H3,(H,36,37)(H,43,44,45)(H,46,47,48)(H,49,50,51)(H,52,53,54)/b34-32+,35-33+. The summed E-state index contributed by atoms with van der Waals surface area (Å²) < 4.78 is 201. The van der Waals surface area contributed by atoms with Gasteiger partial charge in [-0.15, -0.1) is 20.5 Å². The molecule has 0 amide bonds. The Kier molecular flexibility index (Phi) is 15.4. The zero-order valence-corrected chi connectivity index (χ0v) is 36.9. The number of phenols is 1. The highest BCUT2D eigenvalue weighted by Gasteiger charge is 2.28. The van der Waals surface area contributed by atoms with Crippen LogP contribution in [0, 0.1) is 0 Å². The first kappa shape index (κ1) is 51.1. The van der Waals surface area contributed by atoms with Gasteiger partial charge in [0.05, 0.1) is 49.5 Å². The van der Waals surface area contributed by atoms with Crippen molar-refractivity contribution in [3.63, 3.8) is 0 Å². The van der Waals surface area contributed by atoms with Crippen molar-refractivity contribution in [3.8, 4) is 17.2 Å². The van der Waals surface area contributed by atoms with Crippen LogP contribution >= 0.6 is 0 Å². The average Bonchev–Trinajstić information content (AvgIpc) is 3.16. The zero-order chi connectivity index (χ0) is 48.2. The molecule has 0 heterocycles. The molecule has 4 aromatic carbocycles. The normalized spacial score (nSPS) is 13.2. The summed E-state index contributed by atoms with van der Waals surface area (Å²) in [6.45, 7) is -2.96. The summed E-state index contributed by atoms with van der Waals surface area (Å²) in [7, 11) is -27.8. The lowest BCUT2D eigenvalue weighted by Gasteiger charge is -2.14. The highest BCUT2D eigenvalue weighted by molar-refractivity contribution is 7.92. The number of azo groups is 2. The minimum Gasteiger partial charge on any atom is -0.505 e. The zero-order valence-electron chi connectivity index (χ0n) is 32.0. The lowest BCUT2D eigenvalue weighted by atomic mass is 10.0. The molecule has 0 aliphatic carbocycles. The Bertz CT molecular complexity index is 3270. The van der Waals surface area contributed by atoms with Crippen LogP contribution in [0.4, 0.5) is 28.4 Å². The van der Waals surface area contributed by atoms with Crippen molar-refractivity contribution in [1.82, 2.24) is 0 Å². The summed E-state index contributed by atoms with van der Waals surface area (Å²) in [6, 6.07) is 6.43. The van der Waals surface area contributed by atoms with Gasteiger partial charge < -0.3 is 25.0 Å². The molecule has 0 spiro atoms. The van der Waals surface area contributed by atoms with Crippen LogP contribution < -0.4 is 14.8 Å². The van der Waals surface area contributed by atoms with Gasteiger partial charge in [-0.1, -0.05) is 0 Å². The van der Waals surface area contributed by atoms with E-state index >= 15 is 0 Å². The maximum atomic E-state index is 13.0. The second kappa shape index (κ2) is 19.3. The largest absolute Gasteiger partial charge is 0.505 e. The molecule has 350 valence electrons. The Morgan fingerprint density at radius 1 is 0.594 bits per heavy atom. The molecule has 0 bridgehead atoms. The Hall–Kier alpha value is -5.53. The van der Waals surface area contributed by atoms with Gasteiger partial charge in [0, 0.05) is 22.9 Å². The fourth-order valence-corrected chi connectivity index (χ4v) is 9.74. The number of fused-ring (bicyclic) bond motifs is 1. The molecular weight excluding hydrogens is 991 g/mol. The molecule has 34 heteroatoms. The minimum atomic E-state index is -5.44. The number of aromatic hydroxyl groups is 1. The summed E-state index contributed by atoms with van der Waals surface area (Å²) in [5.74, 6) is -5.46.